The van der Waals surface area contributed by atoms with Crippen LogP contribution in [0.3, 0.4) is 0 Å². The first kappa shape index (κ1) is 18.4. The van der Waals surface area contributed by atoms with Crippen molar-refractivity contribution in [1.82, 2.24) is 14.7 Å². The SMILES string of the molecule is CCN1CCC(n2nccc2NC(=O)CC2(CN)CCCCC2)CC1. The first-order valence-corrected chi connectivity index (χ1v) is 9.91. The Morgan fingerprint density at radius 1 is 1.32 bits per heavy atom. The Balaban J connectivity index is 1.60. The smallest absolute Gasteiger partial charge is 0.226 e. The van der Waals surface area contributed by atoms with Crippen molar-refractivity contribution in [1.29, 1.82) is 0 Å². The van der Waals surface area contributed by atoms with Gasteiger partial charge in [-0.2, -0.15) is 5.10 Å². The molecule has 6 nitrogen and oxygen atoms in total. The van der Waals surface area contributed by atoms with Crippen LogP contribution in [0.4, 0.5) is 5.82 Å². The van der Waals surface area contributed by atoms with E-state index in [-0.39, 0.29) is 11.3 Å². The molecule has 0 bridgehead atoms. The van der Waals surface area contributed by atoms with Gasteiger partial charge in [0, 0.05) is 25.6 Å². The molecule has 1 saturated carbocycles. The molecular formula is C19H33N5O. The molecule has 2 aliphatic rings. The van der Waals surface area contributed by atoms with Gasteiger partial charge in [-0.15, -0.1) is 0 Å². The number of piperidine rings is 1. The van der Waals surface area contributed by atoms with E-state index in [1.807, 2.05) is 10.7 Å². The number of rotatable bonds is 6. The summed E-state index contributed by atoms with van der Waals surface area (Å²) in [6, 6.07) is 2.30. The van der Waals surface area contributed by atoms with Crippen LogP contribution in [0.25, 0.3) is 0 Å². The monoisotopic (exact) mass is 347 g/mol. The van der Waals surface area contributed by atoms with Gasteiger partial charge in [0.05, 0.1) is 12.2 Å². The van der Waals surface area contributed by atoms with Crippen molar-refractivity contribution in [3.05, 3.63) is 12.3 Å². The number of likely N-dealkylation sites (tertiary alicyclic amines) is 1. The minimum atomic E-state index is -0.000347. The van der Waals surface area contributed by atoms with Gasteiger partial charge in [-0.1, -0.05) is 26.2 Å². The maximum absolute atomic E-state index is 12.7. The fraction of sp³-hybridized carbons (Fsp3) is 0.789. The number of nitrogens with one attached hydrogen (secondary N) is 1. The molecular weight excluding hydrogens is 314 g/mol. The summed E-state index contributed by atoms with van der Waals surface area (Å²) in [7, 11) is 0. The lowest BCUT2D eigenvalue weighted by Gasteiger charge is -2.35. The van der Waals surface area contributed by atoms with Crippen molar-refractivity contribution < 1.29 is 4.79 Å². The summed E-state index contributed by atoms with van der Waals surface area (Å²) in [4.78, 5) is 15.1. The molecule has 1 saturated heterocycles. The normalized spacial score (nSPS) is 22.0. The fourth-order valence-electron chi connectivity index (χ4n) is 4.47. The number of carbonyl (C=O) groups excluding carboxylic acids is 1. The van der Waals surface area contributed by atoms with Gasteiger partial charge in [-0.05, 0) is 44.2 Å². The molecule has 2 fully saturated rings. The van der Waals surface area contributed by atoms with Crippen molar-refractivity contribution in [2.45, 2.75) is 64.3 Å². The maximum atomic E-state index is 12.7. The number of amides is 1. The van der Waals surface area contributed by atoms with E-state index in [9.17, 15) is 4.79 Å². The fourth-order valence-corrected chi connectivity index (χ4v) is 4.47. The zero-order chi connectivity index (χ0) is 17.7. The van der Waals surface area contributed by atoms with Crippen molar-refractivity contribution >= 4 is 11.7 Å². The van der Waals surface area contributed by atoms with Crippen molar-refractivity contribution in [2.24, 2.45) is 11.1 Å². The number of aromatic nitrogens is 2. The molecule has 0 unspecified atom stereocenters. The number of hydrogen-bond donors (Lipinski definition) is 2. The van der Waals surface area contributed by atoms with Gasteiger partial charge in [0.1, 0.15) is 5.82 Å². The minimum Gasteiger partial charge on any atom is -0.330 e. The molecule has 140 valence electrons. The number of anilines is 1. The van der Waals surface area contributed by atoms with E-state index in [2.05, 4.69) is 22.2 Å². The standard InChI is InChI=1S/C19H33N5O/c1-2-23-12-7-16(8-13-23)24-17(6-11-21-24)22-18(25)14-19(15-20)9-4-3-5-10-19/h6,11,16H,2-5,7-10,12-15,20H2,1H3,(H,22,25). The van der Waals surface area contributed by atoms with Gasteiger partial charge >= 0.3 is 0 Å². The topological polar surface area (TPSA) is 76.2 Å². The van der Waals surface area contributed by atoms with E-state index in [4.69, 9.17) is 5.73 Å². The van der Waals surface area contributed by atoms with Gasteiger partial charge in [0.25, 0.3) is 0 Å². The second kappa shape index (κ2) is 8.32. The molecule has 0 spiro atoms. The average Bonchev–Trinajstić information content (AvgIpc) is 3.10. The molecule has 25 heavy (non-hydrogen) atoms. The van der Waals surface area contributed by atoms with Gasteiger partial charge < -0.3 is 16.0 Å². The molecule has 1 aliphatic heterocycles. The van der Waals surface area contributed by atoms with Crippen LogP contribution < -0.4 is 11.1 Å². The summed E-state index contributed by atoms with van der Waals surface area (Å²) in [5.74, 6) is 0.919. The highest BCUT2D eigenvalue weighted by Crippen LogP contribution is 2.38. The van der Waals surface area contributed by atoms with E-state index in [0.29, 0.717) is 19.0 Å². The van der Waals surface area contributed by atoms with Crippen molar-refractivity contribution in [3.8, 4) is 0 Å². The second-order valence-corrected chi connectivity index (χ2v) is 7.82. The van der Waals surface area contributed by atoms with Gasteiger partial charge in [0.2, 0.25) is 5.91 Å². The zero-order valence-electron chi connectivity index (χ0n) is 15.5. The van der Waals surface area contributed by atoms with Crippen LogP contribution in [0, 0.1) is 5.41 Å². The quantitative estimate of drug-likeness (QED) is 0.830. The Morgan fingerprint density at radius 2 is 2.04 bits per heavy atom. The van der Waals surface area contributed by atoms with E-state index < -0.39 is 0 Å². The third-order valence-corrected chi connectivity index (χ3v) is 6.17. The Morgan fingerprint density at radius 3 is 2.68 bits per heavy atom. The number of nitrogens with zero attached hydrogens (tertiary/aromatic N) is 3. The van der Waals surface area contributed by atoms with Crippen LogP contribution in [-0.2, 0) is 4.79 Å². The lowest BCUT2D eigenvalue weighted by Crippen LogP contribution is -2.37. The van der Waals surface area contributed by atoms with Crippen LogP contribution in [0.5, 0.6) is 0 Å². The molecule has 1 amide bonds. The molecule has 6 heteroatoms. The molecule has 1 aromatic heterocycles. The summed E-state index contributed by atoms with van der Waals surface area (Å²) in [6.07, 6.45) is 10.3. The van der Waals surface area contributed by atoms with Crippen LogP contribution >= 0.6 is 0 Å². The van der Waals surface area contributed by atoms with Gasteiger partial charge in [0.15, 0.2) is 0 Å². The second-order valence-electron chi connectivity index (χ2n) is 7.82. The first-order valence-electron chi connectivity index (χ1n) is 9.91. The van der Waals surface area contributed by atoms with E-state index in [1.54, 1.807) is 6.20 Å². The highest BCUT2D eigenvalue weighted by Gasteiger charge is 2.33. The Kier molecular flexibility index (Phi) is 6.12. The molecule has 0 aromatic carbocycles. The summed E-state index contributed by atoms with van der Waals surface area (Å²) in [5.41, 5.74) is 6.03. The van der Waals surface area contributed by atoms with E-state index >= 15 is 0 Å². The Bertz CT molecular complexity index is 556. The number of hydrogen-bond acceptors (Lipinski definition) is 4. The minimum absolute atomic E-state index is 0.000347. The summed E-state index contributed by atoms with van der Waals surface area (Å²) >= 11 is 0. The highest BCUT2D eigenvalue weighted by atomic mass is 16.1. The molecule has 1 aliphatic carbocycles. The largest absolute Gasteiger partial charge is 0.330 e. The van der Waals surface area contributed by atoms with Gasteiger partial charge in [-0.25, -0.2) is 4.68 Å². The van der Waals surface area contributed by atoms with Crippen LogP contribution in [0.15, 0.2) is 12.3 Å². The number of carbonyl (C=O) groups is 1. The lowest BCUT2D eigenvalue weighted by molar-refractivity contribution is -0.118. The van der Waals surface area contributed by atoms with E-state index in [1.165, 1.54) is 19.3 Å². The Labute approximate surface area is 151 Å². The predicted octanol–water partition coefficient (Wildman–Crippen LogP) is 2.78. The van der Waals surface area contributed by atoms with Crippen LogP contribution in [0.2, 0.25) is 0 Å². The third kappa shape index (κ3) is 4.42. The highest BCUT2D eigenvalue weighted by molar-refractivity contribution is 5.90. The molecule has 0 atom stereocenters. The van der Waals surface area contributed by atoms with E-state index in [0.717, 1.165) is 51.1 Å². The maximum Gasteiger partial charge on any atom is 0.226 e. The summed E-state index contributed by atoms with van der Waals surface area (Å²) in [6.45, 7) is 6.12. The summed E-state index contributed by atoms with van der Waals surface area (Å²) < 4.78 is 2.01. The third-order valence-electron chi connectivity index (χ3n) is 6.17. The predicted molar refractivity (Wildman–Crippen MR) is 100 cm³/mol. The van der Waals surface area contributed by atoms with Crippen LogP contribution in [0.1, 0.15) is 64.3 Å². The van der Waals surface area contributed by atoms with Crippen molar-refractivity contribution in [3.63, 3.8) is 0 Å². The van der Waals surface area contributed by atoms with Crippen molar-refractivity contribution in [2.75, 3.05) is 31.5 Å². The Hall–Kier alpha value is -1.40. The molecule has 1 aromatic rings. The molecule has 2 heterocycles. The lowest BCUT2D eigenvalue weighted by atomic mass is 9.71. The molecule has 0 radical (unpaired) electrons. The first-order chi connectivity index (χ1) is 12.2. The summed E-state index contributed by atoms with van der Waals surface area (Å²) in [5, 5.41) is 7.60. The van der Waals surface area contributed by atoms with Crippen LogP contribution in [-0.4, -0.2) is 46.8 Å². The number of nitrogens with two attached hydrogens (primary N) is 1. The zero-order valence-corrected chi connectivity index (χ0v) is 15.5. The average molecular weight is 348 g/mol. The van der Waals surface area contributed by atoms with Gasteiger partial charge in [-0.3, -0.25) is 4.79 Å². The molecule has 3 rings (SSSR count). The molecule has 3 N–H and O–H groups in total.